The van der Waals surface area contributed by atoms with Gasteiger partial charge in [-0.05, 0) is 32.4 Å². The van der Waals surface area contributed by atoms with Crippen LogP contribution in [-0.4, -0.2) is 33.6 Å². The third-order valence-corrected chi connectivity index (χ3v) is 3.96. The van der Waals surface area contributed by atoms with Gasteiger partial charge in [-0.3, -0.25) is 4.68 Å². The number of aryl methyl sites for hydroxylation is 2. The van der Waals surface area contributed by atoms with Gasteiger partial charge in [0.1, 0.15) is 0 Å². The van der Waals surface area contributed by atoms with E-state index in [0.717, 1.165) is 37.3 Å². The Morgan fingerprint density at radius 3 is 3.00 bits per heavy atom. The highest BCUT2D eigenvalue weighted by molar-refractivity contribution is 5.13. The summed E-state index contributed by atoms with van der Waals surface area (Å²) in [7, 11) is 1.95. The summed E-state index contributed by atoms with van der Waals surface area (Å²) in [6.45, 7) is 5.97. The average molecular weight is 237 g/mol. The summed E-state index contributed by atoms with van der Waals surface area (Å²) in [5, 5.41) is 18.5. The third-order valence-electron chi connectivity index (χ3n) is 3.96. The first-order valence-corrected chi connectivity index (χ1v) is 6.48. The maximum Gasteiger partial charge on any atom is 0.0754 e. The molecule has 0 aromatic carbocycles. The molecule has 96 valence electrons. The van der Waals surface area contributed by atoms with Crippen molar-refractivity contribution < 1.29 is 5.11 Å². The normalized spacial score (nSPS) is 29.5. The Morgan fingerprint density at radius 1 is 1.65 bits per heavy atom. The van der Waals surface area contributed by atoms with Gasteiger partial charge < -0.3 is 10.4 Å². The molecular formula is C13H23N3O. The number of aromatic nitrogens is 2. The van der Waals surface area contributed by atoms with Gasteiger partial charge in [0.2, 0.25) is 0 Å². The SMILES string of the molecule is CCC1CNCCC1(O)Cc1cc(C)nn1C. The summed E-state index contributed by atoms with van der Waals surface area (Å²) in [4.78, 5) is 0. The molecular weight excluding hydrogens is 214 g/mol. The Bertz CT molecular complexity index is 388. The number of hydrogen-bond donors (Lipinski definition) is 2. The maximum atomic E-state index is 10.8. The van der Waals surface area contributed by atoms with Gasteiger partial charge >= 0.3 is 0 Å². The molecule has 0 bridgehead atoms. The second kappa shape index (κ2) is 4.78. The molecule has 0 spiro atoms. The Balaban J connectivity index is 2.17. The molecule has 2 unspecified atom stereocenters. The first kappa shape index (κ1) is 12.6. The third kappa shape index (κ3) is 2.53. The molecule has 1 saturated heterocycles. The fraction of sp³-hybridized carbons (Fsp3) is 0.769. The van der Waals surface area contributed by atoms with Gasteiger partial charge in [0.15, 0.2) is 0 Å². The van der Waals surface area contributed by atoms with Crippen molar-refractivity contribution in [3.05, 3.63) is 17.5 Å². The van der Waals surface area contributed by atoms with Crippen molar-refractivity contribution in [2.45, 2.75) is 38.7 Å². The van der Waals surface area contributed by atoms with Gasteiger partial charge in [-0.15, -0.1) is 0 Å². The number of piperidine rings is 1. The van der Waals surface area contributed by atoms with Crippen molar-refractivity contribution >= 4 is 0 Å². The average Bonchev–Trinajstić information content (AvgIpc) is 2.57. The van der Waals surface area contributed by atoms with Crippen LogP contribution < -0.4 is 5.32 Å². The first-order chi connectivity index (χ1) is 8.05. The largest absolute Gasteiger partial charge is 0.389 e. The summed E-state index contributed by atoms with van der Waals surface area (Å²) < 4.78 is 1.89. The van der Waals surface area contributed by atoms with Crippen LogP contribution in [0.3, 0.4) is 0 Å². The van der Waals surface area contributed by atoms with E-state index < -0.39 is 5.60 Å². The molecule has 0 saturated carbocycles. The highest BCUT2D eigenvalue weighted by atomic mass is 16.3. The molecule has 1 aromatic rings. The fourth-order valence-electron chi connectivity index (χ4n) is 2.88. The van der Waals surface area contributed by atoms with Gasteiger partial charge in [0.05, 0.1) is 11.3 Å². The van der Waals surface area contributed by atoms with Crippen molar-refractivity contribution in [2.75, 3.05) is 13.1 Å². The molecule has 4 nitrogen and oxygen atoms in total. The number of aliphatic hydroxyl groups is 1. The quantitative estimate of drug-likeness (QED) is 0.825. The van der Waals surface area contributed by atoms with Crippen molar-refractivity contribution in [1.29, 1.82) is 0 Å². The summed E-state index contributed by atoms with van der Waals surface area (Å²) >= 11 is 0. The minimum Gasteiger partial charge on any atom is -0.389 e. The van der Waals surface area contributed by atoms with Crippen LogP contribution in [0.25, 0.3) is 0 Å². The first-order valence-electron chi connectivity index (χ1n) is 6.48. The van der Waals surface area contributed by atoms with Crippen molar-refractivity contribution in [1.82, 2.24) is 15.1 Å². The van der Waals surface area contributed by atoms with Gasteiger partial charge in [-0.1, -0.05) is 6.92 Å². The lowest BCUT2D eigenvalue weighted by Crippen LogP contribution is -2.51. The topological polar surface area (TPSA) is 50.1 Å². The molecule has 1 aliphatic rings. The number of hydrogen-bond acceptors (Lipinski definition) is 3. The summed E-state index contributed by atoms with van der Waals surface area (Å²) in [6, 6.07) is 2.08. The standard InChI is InChI=1S/C13H23N3O/c1-4-11-9-14-6-5-13(11,17)8-12-7-10(2)15-16(12)3/h7,11,14,17H,4-6,8-9H2,1-3H3. The van der Waals surface area contributed by atoms with Crippen LogP contribution >= 0.6 is 0 Å². The summed E-state index contributed by atoms with van der Waals surface area (Å²) in [5.41, 5.74) is 1.58. The minimum absolute atomic E-state index is 0.339. The van der Waals surface area contributed by atoms with E-state index in [1.165, 1.54) is 0 Å². The van der Waals surface area contributed by atoms with E-state index in [0.29, 0.717) is 12.3 Å². The molecule has 2 rings (SSSR count). The zero-order chi connectivity index (χ0) is 12.5. The van der Waals surface area contributed by atoms with Gasteiger partial charge in [0.25, 0.3) is 0 Å². The minimum atomic E-state index is -0.569. The molecule has 17 heavy (non-hydrogen) atoms. The molecule has 4 heteroatoms. The van der Waals surface area contributed by atoms with Crippen LogP contribution in [0.5, 0.6) is 0 Å². The second-order valence-electron chi connectivity index (χ2n) is 5.24. The Hall–Kier alpha value is -0.870. The van der Waals surface area contributed by atoms with Crippen LogP contribution in [0.4, 0.5) is 0 Å². The molecule has 2 N–H and O–H groups in total. The molecule has 1 aliphatic heterocycles. The molecule has 2 heterocycles. The number of nitrogens with one attached hydrogen (secondary N) is 1. The van der Waals surface area contributed by atoms with E-state index in [1.807, 2.05) is 18.7 Å². The lowest BCUT2D eigenvalue weighted by atomic mass is 9.77. The van der Waals surface area contributed by atoms with E-state index in [1.54, 1.807) is 0 Å². The highest BCUT2D eigenvalue weighted by Gasteiger charge is 2.38. The molecule has 2 atom stereocenters. The zero-order valence-corrected chi connectivity index (χ0v) is 11.0. The lowest BCUT2D eigenvalue weighted by molar-refractivity contribution is -0.0427. The second-order valence-corrected chi connectivity index (χ2v) is 5.24. The zero-order valence-electron chi connectivity index (χ0n) is 11.0. The Morgan fingerprint density at radius 2 is 2.41 bits per heavy atom. The molecule has 0 radical (unpaired) electrons. The van der Waals surface area contributed by atoms with Crippen molar-refractivity contribution in [2.24, 2.45) is 13.0 Å². The van der Waals surface area contributed by atoms with Gasteiger partial charge in [-0.25, -0.2) is 0 Å². The predicted octanol–water partition coefficient (Wildman–Crippen LogP) is 1.02. The molecule has 0 amide bonds. The van der Waals surface area contributed by atoms with Gasteiger partial charge in [0, 0.05) is 31.6 Å². The van der Waals surface area contributed by atoms with E-state index in [4.69, 9.17) is 0 Å². The van der Waals surface area contributed by atoms with Crippen LogP contribution in [0.15, 0.2) is 6.07 Å². The van der Waals surface area contributed by atoms with Crippen molar-refractivity contribution in [3.63, 3.8) is 0 Å². The predicted molar refractivity (Wildman–Crippen MR) is 67.9 cm³/mol. The van der Waals surface area contributed by atoms with E-state index in [2.05, 4.69) is 23.4 Å². The number of nitrogens with zero attached hydrogens (tertiary/aromatic N) is 2. The molecule has 1 aromatic heterocycles. The Kier molecular flexibility index (Phi) is 3.54. The molecule has 0 aliphatic carbocycles. The van der Waals surface area contributed by atoms with Gasteiger partial charge in [-0.2, -0.15) is 5.10 Å². The highest BCUT2D eigenvalue weighted by Crippen LogP contribution is 2.30. The fourth-order valence-corrected chi connectivity index (χ4v) is 2.88. The van der Waals surface area contributed by atoms with Crippen LogP contribution in [0, 0.1) is 12.8 Å². The molecule has 1 fully saturated rings. The number of rotatable bonds is 3. The van der Waals surface area contributed by atoms with Crippen LogP contribution in [-0.2, 0) is 13.5 Å². The Labute approximate surface area is 103 Å². The van der Waals surface area contributed by atoms with Crippen LogP contribution in [0.2, 0.25) is 0 Å². The van der Waals surface area contributed by atoms with E-state index >= 15 is 0 Å². The monoisotopic (exact) mass is 237 g/mol. The van der Waals surface area contributed by atoms with Crippen molar-refractivity contribution in [3.8, 4) is 0 Å². The maximum absolute atomic E-state index is 10.8. The summed E-state index contributed by atoms with van der Waals surface area (Å²) in [6.07, 6.45) is 2.56. The lowest BCUT2D eigenvalue weighted by Gasteiger charge is -2.40. The van der Waals surface area contributed by atoms with E-state index in [9.17, 15) is 5.11 Å². The smallest absolute Gasteiger partial charge is 0.0754 e. The summed E-state index contributed by atoms with van der Waals surface area (Å²) in [5.74, 6) is 0.339. The van der Waals surface area contributed by atoms with Crippen LogP contribution in [0.1, 0.15) is 31.2 Å². The van der Waals surface area contributed by atoms with E-state index in [-0.39, 0.29) is 0 Å².